The van der Waals surface area contributed by atoms with Crippen LogP contribution < -0.4 is 5.32 Å². The monoisotopic (exact) mass is 249 g/mol. The molecule has 1 N–H and O–H groups in total. The number of nitrogens with one attached hydrogen (secondary N) is 1. The third-order valence-electron chi connectivity index (χ3n) is 2.71. The summed E-state index contributed by atoms with van der Waals surface area (Å²) in [5, 5.41) is 2.74. The average Bonchev–Trinajstić information content (AvgIpc) is 2.25. The molecule has 0 aliphatic carbocycles. The van der Waals surface area contributed by atoms with Crippen molar-refractivity contribution in [3.63, 3.8) is 0 Å². The molecule has 3 nitrogen and oxygen atoms in total. The highest BCUT2D eigenvalue weighted by molar-refractivity contribution is 5.84. The number of amides is 1. The van der Waals surface area contributed by atoms with Gasteiger partial charge in [0.05, 0.1) is 0 Å². The lowest BCUT2D eigenvalue weighted by atomic mass is 9.82. The second-order valence-electron chi connectivity index (χ2n) is 5.93. The molecule has 3 heteroatoms. The second kappa shape index (κ2) is 5.89. The third-order valence-corrected chi connectivity index (χ3v) is 2.71. The van der Waals surface area contributed by atoms with Gasteiger partial charge in [0.1, 0.15) is 6.10 Å². The molecule has 1 amide bonds. The maximum atomic E-state index is 11.8. The van der Waals surface area contributed by atoms with Crippen molar-refractivity contribution in [3.8, 4) is 0 Å². The Hall–Kier alpha value is -1.51. The van der Waals surface area contributed by atoms with Crippen molar-refractivity contribution in [3.05, 3.63) is 30.3 Å². The number of hydrogen-bond acceptors (Lipinski definition) is 2. The van der Waals surface area contributed by atoms with Gasteiger partial charge in [-0.15, -0.1) is 0 Å². The lowest BCUT2D eigenvalue weighted by Gasteiger charge is -2.33. The van der Waals surface area contributed by atoms with Crippen LogP contribution in [0.15, 0.2) is 30.3 Å². The van der Waals surface area contributed by atoms with Gasteiger partial charge < -0.3 is 4.74 Å². The molecule has 18 heavy (non-hydrogen) atoms. The van der Waals surface area contributed by atoms with Crippen molar-refractivity contribution >= 4 is 11.8 Å². The van der Waals surface area contributed by atoms with Crippen LogP contribution in [0.25, 0.3) is 0 Å². The number of carbonyl (C=O) groups excluding carboxylic acids is 1. The molecule has 1 unspecified atom stereocenters. The summed E-state index contributed by atoms with van der Waals surface area (Å²) in [5.74, 6) is 0.284. The Balaban J connectivity index is 2.63. The summed E-state index contributed by atoms with van der Waals surface area (Å²) in [5.41, 5.74) is 0.682. The SMILES string of the molecule is CC(C)C(OC(=O)Nc1ccccc1)C(C)(C)C. The average molecular weight is 249 g/mol. The van der Waals surface area contributed by atoms with Gasteiger partial charge >= 0.3 is 6.09 Å². The number of anilines is 1. The maximum Gasteiger partial charge on any atom is 0.411 e. The summed E-state index contributed by atoms with van der Waals surface area (Å²) in [7, 11) is 0. The van der Waals surface area contributed by atoms with Gasteiger partial charge in [-0.3, -0.25) is 5.32 Å². The van der Waals surface area contributed by atoms with Crippen molar-refractivity contribution in [2.45, 2.75) is 40.7 Å². The summed E-state index contributed by atoms with van der Waals surface area (Å²) in [6, 6.07) is 9.33. The van der Waals surface area contributed by atoms with Crippen LogP contribution in [0.2, 0.25) is 0 Å². The minimum Gasteiger partial charge on any atom is -0.445 e. The first-order chi connectivity index (χ1) is 8.30. The number of ether oxygens (including phenoxy) is 1. The normalized spacial score (nSPS) is 13.2. The van der Waals surface area contributed by atoms with Gasteiger partial charge in [0.2, 0.25) is 0 Å². The van der Waals surface area contributed by atoms with Gasteiger partial charge in [0.25, 0.3) is 0 Å². The number of benzene rings is 1. The standard InChI is InChI=1S/C15H23NO2/c1-11(2)13(15(3,4)5)18-14(17)16-12-9-7-6-8-10-12/h6-11,13H,1-5H3,(H,16,17). The van der Waals surface area contributed by atoms with E-state index in [1.54, 1.807) is 0 Å². The molecule has 0 spiro atoms. The summed E-state index contributed by atoms with van der Waals surface area (Å²) in [4.78, 5) is 11.8. The molecule has 0 aliphatic rings. The highest BCUT2D eigenvalue weighted by Crippen LogP contribution is 2.28. The Bertz CT molecular complexity index is 379. The van der Waals surface area contributed by atoms with Gasteiger partial charge in [-0.1, -0.05) is 52.8 Å². The van der Waals surface area contributed by atoms with Gasteiger partial charge in [-0.25, -0.2) is 4.79 Å². The van der Waals surface area contributed by atoms with Crippen LogP contribution in [0.4, 0.5) is 10.5 Å². The van der Waals surface area contributed by atoms with Crippen LogP contribution in [0.3, 0.4) is 0 Å². The molecule has 0 heterocycles. The zero-order valence-corrected chi connectivity index (χ0v) is 11.9. The Morgan fingerprint density at radius 1 is 1.17 bits per heavy atom. The van der Waals surface area contributed by atoms with Crippen molar-refractivity contribution in [1.29, 1.82) is 0 Å². The first kappa shape index (κ1) is 14.6. The first-order valence-electron chi connectivity index (χ1n) is 6.33. The Morgan fingerprint density at radius 2 is 1.72 bits per heavy atom. The second-order valence-corrected chi connectivity index (χ2v) is 5.93. The van der Waals surface area contributed by atoms with Crippen molar-refractivity contribution in [2.75, 3.05) is 5.32 Å². The zero-order chi connectivity index (χ0) is 13.8. The lowest BCUT2D eigenvalue weighted by molar-refractivity contribution is 0.00900. The molecule has 1 rings (SSSR count). The van der Waals surface area contributed by atoms with E-state index in [0.29, 0.717) is 0 Å². The summed E-state index contributed by atoms with van der Waals surface area (Å²) in [6.07, 6.45) is -0.504. The molecule has 0 radical (unpaired) electrons. The summed E-state index contributed by atoms with van der Waals surface area (Å²) < 4.78 is 5.53. The van der Waals surface area contributed by atoms with E-state index >= 15 is 0 Å². The third kappa shape index (κ3) is 4.40. The van der Waals surface area contributed by atoms with E-state index in [4.69, 9.17) is 4.74 Å². The van der Waals surface area contributed by atoms with E-state index in [1.807, 2.05) is 30.3 Å². The van der Waals surface area contributed by atoms with E-state index in [-0.39, 0.29) is 17.4 Å². The molecule has 1 atom stereocenters. The van der Waals surface area contributed by atoms with Crippen LogP contribution in [0.5, 0.6) is 0 Å². The summed E-state index contributed by atoms with van der Waals surface area (Å²) >= 11 is 0. The van der Waals surface area contributed by atoms with Crippen molar-refractivity contribution in [1.82, 2.24) is 0 Å². The van der Waals surface area contributed by atoms with E-state index in [9.17, 15) is 4.79 Å². The van der Waals surface area contributed by atoms with Crippen LogP contribution in [-0.2, 0) is 4.74 Å². The van der Waals surface area contributed by atoms with Crippen LogP contribution in [0.1, 0.15) is 34.6 Å². The Morgan fingerprint density at radius 3 is 2.17 bits per heavy atom. The molecule has 1 aromatic carbocycles. The molecule has 100 valence electrons. The van der Waals surface area contributed by atoms with E-state index in [1.165, 1.54) is 0 Å². The predicted octanol–water partition coefficient (Wildman–Crippen LogP) is 4.31. The van der Waals surface area contributed by atoms with Crippen LogP contribution >= 0.6 is 0 Å². The molecule has 0 saturated heterocycles. The molecule has 0 bridgehead atoms. The molecular formula is C15H23NO2. The Labute approximate surface area is 110 Å². The largest absolute Gasteiger partial charge is 0.445 e. The maximum absolute atomic E-state index is 11.8. The van der Waals surface area contributed by atoms with E-state index in [2.05, 4.69) is 39.9 Å². The highest BCUT2D eigenvalue weighted by Gasteiger charge is 2.31. The minimum atomic E-state index is -0.394. The highest BCUT2D eigenvalue weighted by atomic mass is 16.6. The molecule has 0 saturated carbocycles. The van der Waals surface area contributed by atoms with Crippen LogP contribution in [-0.4, -0.2) is 12.2 Å². The molecule has 0 fully saturated rings. The van der Waals surface area contributed by atoms with Gasteiger partial charge in [0.15, 0.2) is 0 Å². The number of hydrogen-bond donors (Lipinski definition) is 1. The zero-order valence-electron chi connectivity index (χ0n) is 11.9. The number of para-hydroxylation sites is 1. The fraction of sp³-hybridized carbons (Fsp3) is 0.533. The summed E-state index contributed by atoms with van der Waals surface area (Å²) in [6.45, 7) is 10.4. The van der Waals surface area contributed by atoms with Crippen LogP contribution in [0, 0.1) is 11.3 Å². The predicted molar refractivity (Wildman–Crippen MR) is 74.6 cm³/mol. The van der Waals surface area contributed by atoms with Crippen molar-refractivity contribution in [2.24, 2.45) is 11.3 Å². The smallest absolute Gasteiger partial charge is 0.411 e. The van der Waals surface area contributed by atoms with Gasteiger partial charge in [0, 0.05) is 5.69 Å². The van der Waals surface area contributed by atoms with Crippen molar-refractivity contribution < 1.29 is 9.53 Å². The molecular weight excluding hydrogens is 226 g/mol. The van der Waals surface area contributed by atoms with E-state index in [0.717, 1.165) is 5.69 Å². The quantitative estimate of drug-likeness (QED) is 0.867. The lowest BCUT2D eigenvalue weighted by Crippen LogP contribution is -2.37. The Kier molecular flexibility index (Phi) is 4.76. The van der Waals surface area contributed by atoms with Gasteiger partial charge in [-0.05, 0) is 23.5 Å². The van der Waals surface area contributed by atoms with Gasteiger partial charge in [-0.2, -0.15) is 0 Å². The fourth-order valence-corrected chi connectivity index (χ4v) is 2.10. The molecule has 0 aliphatic heterocycles. The molecule has 0 aromatic heterocycles. The first-order valence-corrected chi connectivity index (χ1v) is 6.33. The number of carbonyl (C=O) groups is 1. The minimum absolute atomic E-state index is 0.0673. The topological polar surface area (TPSA) is 38.3 Å². The molecule has 1 aromatic rings. The fourth-order valence-electron chi connectivity index (χ4n) is 2.10. The number of rotatable bonds is 3. The van der Waals surface area contributed by atoms with E-state index < -0.39 is 6.09 Å².